The second kappa shape index (κ2) is 6.34. The number of rotatable bonds is 5. The lowest BCUT2D eigenvalue weighted by Gasteiger charge is -2.15. The predicted molar refractivity (Wildman–Crippen MR) is 89.7 cm³/mol. The Balaban J connectivity index is 1.55. The van der Waals surface area contributed by atoms with Crippen LogP contribution < -0.4 is 5.32 Å². The van der Waals surface area contributed by atoms with Gasteiger partial charge in [-0.1, -0.05) is 51.1 Å². The monoisotopic (exact) mass is 310 g/mol. The summed E-state index contributed by atoms with van der Waals surface area (Å²) in [6.07, 6.45) is 1.90. The van der Waals surface area contributed by atoms with Gasteiger partial charge in [0.15, 0.2) is 5.82 Å². The smallest absolute Gasteiger partial charge is 0.181 e. The molecule has 0 aliphatic carbocycles. The molecule has 0 fully saturated rings. The molecule has 0 radical (unpaired) electrons. The highest BCUT2D eigenvalue weighted by Crippen LogP contribution is 2.19. The van der Waals surface area contributed by atoms with Gasteiger partial charge in [-0.05, 0) is 0 Å². The van der Waals surface area contributed by atoms with Crippen molar-refractivity contribution in [1.29, 1.82) is 0 Å². The number of aromatic nitrogens is 5. The first-order valence-electron chi connectivity index (χ1n) is 7.74. The third-order valence-electron chi connectivity index (χ3n) is 3.59. The maximum atomic E-state index is 4.50. The highest BCUT2D eigenvalue weighted by atomic mass is 15.2. The van der Waals surface area contributed by atoms with Crippen molar-refractivity contribution in [2.45, 2.75) is 39.3 Å². The van der Waals surface area contributed by atoms with Crippen LogP contribution in [0.15, 0.2) is 36.5 Å². The molecule has 23 heavy (non-hydrogen) atoms. The van der Waals surface area contributed by atoms with Gasteiger partial charge in [-0.25, -0.2) is 9.97 Å². The summed E-state index contributed by atoms with van der Waals surface area (Å²) in [7, 11) is 0. The van der Waals surface area contributed by atoms with E-state index in [2.05, 4.69) is 51.2 Å². The Kier molecular flexibility index (Phi) is 4.25. The van der Waals surface area contributed by atoms with Crippen LogP contribution >= 0.6 is 0 Å². The first-order chi connectivity index (χ1) is 11.0. The maximum Gasteiger partial charge on any atom is 0.181 e. The molecule has 0 aliphatic rings. The molecule has 0 saturated heterocycles. The van der Waals surface area contributed by atoms with Gasteiger partial charge in [0.1, 0.15) is 11.6 Å². The lowest BCUT2D eigenvalue weighted by atomic mass is 9.93. The van der Waals surface area contributed by atoms with Gasteiger partial charge in [0, 0.05) is 22.9 Å². The second-order valence-electron chi connectivity index (χ2n) is 6.57. The standard InChI is InChI=1S/C17H22N6/c1-17(2,3)13-9-19-14(20-13)10-18-11-15-21-16(23-22-15)12-7-5-4-6-8-12/h4-9,18H,10-11H2,1-3H3,(H,19,20)(H,21,22,23). The van der Waals surface area contributed by atoms with Crippen molar-refractivity contribution in [3.63, 3.8) is 0 Å². The highest BCUT2D eigenvalue weighted by molar-refractivity contribution is 5.53. The average molecular weight is 310 g/mol. The van der Waals surface area contributed by atoms with Crippen molar-refractivity contribution in [2.24, 2.45) is 0 Å². The molecule has 2 aromatic heterocycles. The van der Waals surface area contributed by atoms with E-state index in [1.807, 2.05) is 36.5 Å². The Labute approximate surface area is 135 Å². The largest absolute Gasteiger partial charge is 0.344 e. The van der Waals surface area contributed by atoms with Crippen LogP contribution in [0.1, 0.15) is 38.1 Å². The number of nitrogens with zero attached hydrogens (tertiary/aromatic N) is 3. The van der Waals surface area contributed by atoms with Crippen molar-refractivity contribution < 1.29 is 0 Å². The number of benzene rings is 1. The van der Waals surface area contributed by atoms with E-state index in [0.717, 1.165) is 28.7 Å². The minimum atomic E-state index is 0.0841. The summed E-state index contributed by atoms with van der Waals surface area (Å²) < 4.78 is 0. The minimum Gasteiger partial charge on any atom is -0.344 e. The topological polar surface area (TPSA) is 82.3 Å². The summed E-state index contributed by atoms with van der Waals surface area (Å²) in [5, 5.41) is 10.5. The van der Waals surface area contributed by atoms with Gasteiger partial charge in [-0.15, -0.1) is 0 Å². The van der Waals surface area contributed by atoms with Crippen LogP contribution in [-0.2, 0) is 18.5 Å². The third kappa shape index (κ3) is 3.84. The van der Waals surface area contributed by atoms with Crippen molar-refractivity contribution in [1.82, 2.24) is 30.5 Å². The van der Waals surface area contributed by atoms with Crippen LogP contribution in [0.4, 0.5) is 0 Å². The van der Waals surface area contributed by atoms with E-state index in [9.17, 15) is 0 Å². The zero-order chi connectivity index (χ0) is 16.3. The molecule has 3 N–H and O–H groups in total. The van der Waals surface area contributed by atoms with E-state index in [1.54, 1.807) is 0 Å². The molecule has 0 aliphatic heterocycles. The van der Waals surface area contributed by atoms with Crippen LogP contribution in [0, 0.1) is 0 Å². The first-order valence-corrected chi connectivity index (χ1v) is 7.74. The van der Waals surface area contributed by atoms with Gasteiger partial charge < -0.3 is 10.3 Å². The van der Waals surface area contributed by atoms with Gasteiger partial charge in [0.2, 0.25) is 0 Å². The second-order valence-corrected chi connectivity index (χ2v) is 6.57. The van der Waals surface area contributed by atoms with Crippen molar-refractivity contribution >= 4 is 0 Å². The number of nitrogens with one attached hydrogen (secondary N) is 3. The first kappa shape index (κ1) is 15.4. The van der Waals surface area contributed by atoms with Crippen molar-refractivity contribution in [2.75, 3.05) is 0 Å². The molecule has 2 heterocycles. The molecule has 0 atom stereocenters. The predicted octanol–water partition coefficient (Wildman–Crippen LogP) is 2.78. The van der Waals surface area contributed by atoms with Gasteiger partial charge in [-0.2, -0.15) is 5.10 Å². The van der Waals surface area contributed by atoms with Crippen LogP contribution in [0.2, 0.25) is 0 Å². The fourth-order valence-corrected chi connectivity index (χ4v) is 2.22. The molecule has 0 spiro atoms. The minimum absolute atomic E-state index is 0.0841. The molecular formula is C17H22N6. The fourth-order valence-electron chi connectivity index (χ4n) is 2.22. The number of hydrogen-bond acceptors (Lipinski definition) is 4. The molecule has 0 saturated carbocycles. The van der Waals surface area contributed by atoms with E-state index in [-0.39, 0.29) is 5.41 Å². The Bertz CT molecular complexity index is 751. The summed E-state index contributed by atoms with van der Waals surface area (Å²) in [5.74, 6) is 2.46. The van der Waals surface area contributed by atoms with Crippen LogP contribution in [0.3, 0.4) is 0 Å². The highest BCUT2D eigenvalue weighted by Gasteiger charge is 2.16. The van der Waals surface area contributed by atoms with Gasteiger partial charge >= 0.3 is 0 Å². The van der Waals surface area contributed by atoms with E-state index < -0.39 is 0 Å². The molecule has 3 rings (SSSR count). The molecule has 6 heteroatoms. The summed E-state index contributed by atoms with van der Waals surface area (Å²) in [6.45, 7) is 7.77. The molecular weight excluding hydrogens is 288 g/mol. The van der Waals surface area contributed by atoms with Crippen molar-refractivity contribution in [3.05, 3.63) is 53.9 Å². The molecule has 0 amide bonds. The SMILES string of the molecule is CC(C)(C)c1cnc(CNCc2nc(-c3ccccc3)n[nH]2)[nH]1. The lowest BCUT2D eigenvalue weighted by Crippen LogP contribution is -2.16. The summed E-state index contributed by atoms with van der Waals surface area (Å²) >= 11 is 0. The molecule has 120 valence electrons. The Hall–Kier alpha value is -2.47. The fraction of sp³-hybridized carbons (Fsp3) is 0.353. The Morgan fingerprint density at radius 1 is 1.04 bits per heavy atom. The lowest BCUT2D eigenvalue weighted by molar-refractivity contribution is 0.567. The van der Waals surface area contributed by atoms with Gasteiger partial charge in [0.05, 0.1) is 13.1 Å². The third-order valence-corrected chi connectivity index (χ3v) is 3.59. The summed E-state index contributed by atoms with van der Waals surface area (Å²) in [6, 6.07) is 9.93. The zero-order valence-electron chi connectivity index (χ0n) is 13.7. The Morgan fingerprint density at radius 2 is 1.78 bits per heavy atom. The molecule has 6 nitrogen and oxygen atoms in total. The normalized spacial score (nSPS) is 11.8. The summed E-state index contributed by atoms with van der Waals surface area (Å²) in [4.78, 5) is 12.2. The van der Waals surface area contributed by atoms with Gasteiger partial charge in [-0.3, -0.25) is 5.10 Å². The van der Waals surface area contributed by atoms with E-state index in [4.69, 9.17) is 0 Å². The molecule has 3 aromatic rings. The van der Waals surface area contributed by atoms with Crippen LogP contribution in [0.5, 0.6) is 0 Å². The maximum absolute atomic E-state index is 4.50. The number of aromatic amines is 2. The van der Waals surface area contributed by atoms with E-state index in [1.165, 1.54) is 0 Å². The van der Waals surface area contributed by atoms with E-state index >= 15 is 0 Å². The number of imidazole rings is 1. The molecule has 0 unspecified atom stereocenters. The van der Waals surface area contributed by atoms with Gasteiger partial charge in [0.25, 0.3) is 0 Å². The van der Waals surface area contributed by atoms with Crippen LogP contribution in [-0.4, -0.2) is 25.1 Å². The Morgan fingerprint density at radius 3 is 2.48 bits per heavy atom. The number of H-pyrrole nitrogens is 2. The van der Waals surface area contributed by atoms with E-state index in [0.29, 0.717) is 13.1 Å². The zero-order valence-corrected chi connectivity index (χ0v) is 13.7. The van der Waals surface area contributed by atoms with Crippen LogP contribution in [0.25, 0.3) is 11.4 Å². The number of hydrogen-bond donors (Lipinski definition) is 3. The summed E-state index contributed by atoms with van der Waals surface area (Å²) in [5.41, 5.74) is 2.23. The quantitative estimate of drug-likeness (QED) is 0.677. The molecule has 0 bridgehead atoms. The average Bonchev–Trinajstić information content (AvgIpc) is 3.17. The molecule has 1 aromatic carbocycles. The van der Waals surface area contributed by atoms with Crippen molar-refractivity contribution in [3.8, 4) is 11.4 Å².